The summed E-state index contributed by atoms with van der Waals surface area (Å²) in [5.74, 6) is 0.114. The van der Waals surface area contributed by atoms with Crippen molar-refractivity contribution in [3.63, 3.8) is 0 Å². The minimum Gasteiger partial charge on any atom is -0.438 e. The third-order valence-electron chi connectivity index (χ3n) is 8.58. The Labute approximate surface area is 236 Å². The topological polar surface area (TPSA) is 83.0 Å². The highest BCUT2D eigenvalue weighted by Crippen LogP contribution is 2.42. The van der Waals surface area contributed by atoms with E-state index in [9.17, 15) is 14.7 Å². The lowest BCUT2D eigenvalue weighted by Crippen LogP contribution is -2.51. The Kier molecular flexibility index (Phi) is 7.21. The smallest absolute Gasteiger partial charge is 0.411 e. The fourth-order valence-corrected chi connectivity index (χ4v) is 6.18. The first-order chi connectivity index (χ1) is 18.9. The summed E-state index contributed by atoms with van der Waals surface area (Å²) in [5.41, 5.74) is 2.27. The number of hydrogen-bond acceptors (Lipinski definition) is 5. The monoisotopic (exact) mass is 541 g/mol. The van der Waals surface area contributed by atoms with Crippen LogP contribution < -0.4 is 0 Å². The maximum absolute atomic E-state index is 13.4. The summed E-state index contributed by atoms with van der Waals surface area (Å²) in [6.07, 6.45) is 3.13. The molecule has 3 heterocycles. The van der Waals surface area contributed by atoms with E-state index in [1.807, 2.05) is 93.8 Å². The van der Waals surface area contributed by atoms with Gasteiger partial charge in [-0.1, -0.05) is 60.7 Å². The Hall–Kier alpha value is -3.71. The summed E-state index contributed by atoms with van der Waals surface area (Å²) < 4.78 is 6.15. The van der Waals surface area contributed by atoms with Crippen LogP contribution in [-0.4, -0.2) is 57.6 Å². The normalized spacial score (nSPS) is 24.2. The molecule has 7 heteroatoms. The zero-order valence-corrected chi connectivity index (χ0v) is 24.1. The Morgan fingerprint density at radius 2 is 1.65 bits per heavy atom. The maximum Gasteiger partial charge on any atom is 0.411 e. The lowest BCUT2D eigenvalue weighted by Gasteiger charge is -2.45. The molecule has 1 unspecified atom stereocenters. The quantitative estimate of drug-likeness (QED) is 0.407. The van der Waals surface area contributed by atoms with Crippen LogP contribution in [0, 0.1) is 0 Å². The van der Waals surface area contributed by atoms with Gasteiger partial charge in [0.25, 0.3) is 0 Å². The molecule has 1 N–H and O–H groups in total. The van der Waals surface area contributed by atoms with E-state index >= 15 is 0 Å². The van der Waals surface area contributed by atoms with Crippen LogP contribution in [0.4, 0.5) is 4.79 Å². The van der Waals surface area contributed by atoms with Crippen LogP contribution in [-0.2, 0) is 20.5 Å². The standard InChI is InChI=1S/C33H39N3O4/c1-23(36-20-18-33(40-30(36)38,22-31(2,3)39)27-9-7-6-8-10-27)24-11-13-25(14-12-24)26-15-16-28(34-21-26)32(4)17-19-35(5)29(32)37/h6-16,21,23,39H,17-20,22H2,1-5H3/t23?,32-,33-/m0/s1. The number of amides is 2. The highest BCUT2D eigenvalue weighted by Gasteiger charge is 2.46. The number of likely N-dealkylation sites (tertiary alicyclic amines) is 1. The number of aromatic nitrogens is 1. The van der Waals surface area contributed by atoms with Crippen molar-refractivity contribution in [1.82, 2.24) is 14.8 Å². The molecule has 5 rings (SSSR count). The number of aliphatic hydroxyl groups is 1. The molecule has 2 aliphatic heterocycles. The van der Waals surface area contributed by atoms with Gasteiger partial charge in [-0.05, 0) is 56.9 Å². The average Bonchev–Trinajstić information content (AvgIpc) is 3.21. The van der Waals surface area contributed by atoms with Crippen molar-refractivity contribution in [3.05, 3.63) is 89.7 Å². The number of cyclic esters (lactones) is 1. The van der Waals surface area contributed by atoms with Gasteiger partial charge in [-0.15, -0.1) is 0 Å². The van der Waals surface area contributed by atoms with E-state index < -0.39 is 16.6 Å². The molecule has 0 saturated carbocycles. The van der Waals surface area contributed by atoms with Gasteiger partial charge in [0.1, 0.15) is 5.60 Å². The molecule has 3 aromatic rings. The molecule has 2 saturated heterocycles. The number of likely N-dealkylation sites (N-methyl/N-ethyl adjacent to an activating group) is 1. The van der Waals surface area contributed by atoms with Crippen LogP contribution in [0.15, 0.2) is 72.9 Å². The lowest BCUT2D eigenvalue weighted by atomic mass is 9.80. The summed E-state index contributed by atoms with van der Waals surface area (Å²) in [4.78, 5) is 34.2. The summed E-state index contributed by atoms with van der Waals surface area (Å²) in [6.45, 7) is 8.74. The SMILES string of the molecule is CC(c1ccc(-c2ccc([C@]3(C)CCN(C)C3=O)nc2)cc1)N1CC[C@](CC(C)(C)O)(c2ccccc2)OC1=O. The van der Waals surface area contributed by atoms with E-state index in [0.29, 0.717) is 19.4 Å². The van der Waals surface area contributed by atoms with E-state index in [1.165, 1.54) is 0 Å². The van der Waals surface area contributed by atoms with Crippen molar-refractivity contribution >= 4 is 12.0 Å². The first-order valence-electron chi connectivity index (χ1n) is 14.0. The van der Waals surface area contributed by atoms with Gasteiger partial charge in [0.15, 0.2) is 0 Å². The molecule has 3 atom stereocenters. The molecule has 2 aliphatic rings. The van der Waals surface area contributed by atoms with E-state index in [-0.39, 0.29) is 18.0 Å². The summed E-state index contributed by atoms with van der Waals surface area (Å²) in [5, 5.41) is 10.6. The second-order valence-corrected chi connectivity index (χ2v) is 12.2. The molecule has 2 amide bonds. The number of rotatable bonds is 7. The molecule has 0 bridgehead atoms. The van der Waals surface area contributed by atoms with Crippen LogP contribution in [0.25, 0.3) is 11.1 Å². The summed E-state index contributed by atoms with van der Waals surface area (Å²) >= 11 is 0. The fraction of sp³-hybridized carbons (Fsp3) is 0.424. The molecule has 40 heavy (non-hydrogen) atoms. The largest absolute Gasteiger partial charge is 0.438 e. The van der Waals surface area contributed by atoms with Crippen molar-refractivity contribution in [2.75, 3.05) is 20.1 Å². The van der Waals surface area contributed by atoms with Gasteiger partial charge in [0.05, 0.1) is 22.8 Å². The number of nitrogens with zero attached hydrogens (tertiary/aromatic N) is 3. The molecule has 2 fully saturated rings. The third-order valence-corrected chi connectivity index (χ3v) is 8.58. The third kappa shape index (κ3) is 5.22. The van der Waals surface area contributed by atoms with Gasteiger partial charge in [-0.2, -0.15) is 0 Å². The minimum absolute atomic E-state index is 0.114. The predicted molar refractivity (Wildman–Crippen MR) is 155 cm³/mol. The highest BCUT2D eigenvalue weighted by atomic mass is 16.6. The van der Waals surface area contributed by atoms with E-state index in [1.54, 1.807) is 23.6 Å². The second kappa shape index (κ2) is 10.4. The number of pyridine rings is 1. The molecule has 0 spiro atoms. The van der Waals surface area contributed by atoms with Gasteiger partial charge >= 0.3 is 6.09 Å². The molecule has 0 radical (unpaired) electrons. The van der Waals surface area contributed by atoms with Crippen molar-refractivity contribution in [3.8, 4) is 11.1 Å². The van der Waals surface area contributed by atoms with Crippen LogP contribution in [0.5, 0.6) is 0 Å². The Morgan fingerprint density at radius 3 is 2.20 bits per heavy atom. The molecule has 1 aromatic heterocycles. The fourth-order valence-electron chi connectivity index (χ4n) is 6.18. The molecular formula is C33H39N3O4. The maximum atomic E-state index is 13.4. The first kappa shape index (κ1) is 27.8. The van der Waals surface area contributed by atoms with Crippen LogP contribution >= 0.6 is 0 Å². The van der Waals surface area contributed by atoms with Gasteiger partial charge in [0.2, 0.25) is 5.91 Å². The molecular weight excluding hydrogens is 502 g/mol. The number of hydrogen-bond donors (Lipinski definition) is 1. The van der Waals surface area contributed by atoms with Crippen molar-refractivity contribution in [1.29, 1.82) is 0 Å². The average molecular weight is 542 g/mol. The molecule has 2 aromatic carbocycles. The highest BCUT2D eigenvalue weighted by molar-refractivity contribution is 5.89. The number of benzene rings is 2. The predicted octanol–water partition coefficient (Wildman–Crippen LogP) is 5.83. The summed E-state index contributed by atoms with van der Waals surface area (Å²) in [7, 11) is 1.84. The minimum atomic E-state index is -0.993. The number of ether oxygens (including phenoxy) is 1. The Bertz CT molecular complexity index is 1370. The zero-order valence-electron chi connectivity index (χ0n) is 24.1. The molecule has 210 valence electrons. The van der Waals surface area contributed by atoms with Crippen LogP contribution in [0.3, 0.4) is 0 Å². The Balaban J connectivity index is 1.30. The summed E-state index contributed by atoms with van der Waals surface area (Å²) in [6, 6.07) is 21.7. The van der Waals surface area contributed by atoms with E-state index in [0.717, 1.165) is 40.9 Å². The van der Waals surface area contributed by atoms with E-state index in [2.05, 4.69) is 4.98 Å². The van der Waals surface area contributed by atoms with Gasteiger partial charge in [0, 0.05) is 44.7 Å². The van der Waals surface area contributed by atoms with Gasteiger partial charge in [-0.3, -0.25) is 9.78 Å². The zero-order chi connectivity index (χ0) is 28.7. The van der Waals surface area contributed by atoms with Crippen LogP contribution in [0.2, 0.25) is 0 Å². The van der Waals surface area contributed by atoms with E-state index in [4.69, 9.17) is 4.74 Å². The van der Waals surface area contributed by atoms with Crippen LogP contribution in [0.1, 0.15) is 69.8 Å². The lowest BCUT2D eigenvalue weighted by molar-refractivity contribution is -0.131. The molecule has 7 nitrogen and oxygen atoms in total. The van der Waals surface area contributed by atoms with Gasteiger partial charge < -0.3 is 19.6 Å². The van der Waals surface area contributed by atoms with Gasteiger partial charge in [-0.25, -0.2) is 4.79 Å². The van der Waals surface area contributed by atoms with Crippen molar-refractivity contribution in [2.24, 2.45) is 0 Å². The first-order valence-corrected chi connectivity index (χ1v) is 14.0. The van der Waals surface area contributed by atoms with Crippen molar-refractivity contribution < 1.29 is 19.4 Å². The number of carbonyl (C=O) groups is 2. The van der Waals surface area contributed by atoms with Crippen molar-refractivity contribution in [2.45, 2.75) is 69.6 Å². The molecule has 0 aliphatic carbocycles. The second-order valence-electron chi connectivity index (χ2n) is 12.2. The number of carbonyl (C=O) groups excluding carboxylic acids is 2. The Morgan fingerprint density at radius 1 is 0.975 bits per heavy atom.